The summed E-state index contributed by atoms with van der Waals surface area (Å²) < 4.78 is 12.7. The average Bonchev–Trinajstić information content (AvgIpc) is 2.94. The van der Waals surface area contributed by atoms with E-state index < -0.39 is 0 Å². The Labute approximate surface area is 215 Å². The molecule has 0 atom stereocenters. The van der Waals surface area contributed by atoms with Crippen LogP contribution in [-0.2, 0) is 11.2 Å². The van der Waals surface area contributed by atoms with Gasteiger partial charge in [0.15, 0.2) is 0 Å². The minimum Gasteiger partial charge on any atom is -0.494 e. The lowest BCUT2D eigenvalue weighted by molar-refractivity contribution is 0.0954. The Hall–Kier alpha value is -4.17. The van der Waals surface area contributed by atoms with Gasteiger partial charge in [-0.15, -0.1) is 0 Å². The highest BCUT2D eigenvalue weighted by Gasteiger charge is 2.21. The number of rotatable bonds is 8. The van der Waals surface area contributed by atoms with E-state index in [0.29, 0.717) is 67.6 Å². The number of carbonyl (C=O) groups is 1. The lowest BCUT2D eigenvalue weighted by Gasteiger charge is -2.30. The topological polar surface area (TPSA) is 85.7 Å². The number of amides is 1. The molecule has 1 aromatic heterocycles. The molecular weight excluding hydrogens is 468 g/mol. The van der Waals surface area contributed by atoms with Gasteiger partial charge in [0.2, 0.25) is 5.95 Å². The number of nitrogens with zero attached hydrogens (tertiary/aromatic N) is 3. The normalized spacial score (nSPS) is 13.5. The van der Waals surface area contributed by atoms with Gasteiger partial charge < -0.3 is 19.7 Å². The Morgan fingerprint density at radius 3 is 2.51 bits per heavy atom. The predicted octanol–water partition coefficient (Wildman–Crippen LogP) is 3.59. The number of anilines is 1. The molecule has 1 N–H and O–H groups in total. The Morgan fingerprint density at radius 1 is 1.03 bits per heavy atom. The second-order valence-electron chi connectivity index (χ2n) is 8.80. The first kappa shape index (κ1) is 24.5. The fourth-order valence-corrected chi connectivity index (χ4v) is 4.45. The fourth-order valence-electron chi connectivity index (χ4n) is 4.45. The summed E-state index contributed by atoms with van der Waals surface area (Å²) >= 11 is 0. The standard InChI is InChI=1S/C29H30N4O4/c1-2-37-24-11-9-23(10-12-24)33-28(35)25-13-8-22(27(34)30-15-14-21-6-4-3-5-7-21)20-26(25)31-29(33)32-16-18-36-19-17-32/h3-13,20H,2,14-19H2,1H3,(H,30,34). The maximum absolute atomic E-state index is 13.7. The smallest absolute Gasteiger partial charge is 0.267 e. The molecule has 37 heavy (non-hydrogen) atoms. The highest BCUT2D eigenvalue weighted by molar-refractivity contribution is 5.97. The van der Waals surface area contributed by atoms with Crippen LogP contribution in [0.25, 0.3) is 16.6 Å². The monoisotopic (exact) mass is 498 g/mol. The van der Waals surface area contributed by atoms with E-state index in [2.05, 4.69) is 5.32 Å². The molecule has 0 unspecified atom stereocenters. The third-order valence-electron chi connectivity index (χ3n) is 6.36. The van der Waals surface area contributed by atoms with Crippen LogP contribution in [0.2, 0.25) is 0 Å². The molecule has 0 bridgehead atoms. The number of benzene rings is 3. The molecule has 8 heteroatoms. The van der Waals surface area contributed by atoms with Gasteiger partial charge in [0.05, 0.1) is 36.4 Å². The summed E-state index contributed by atoms with van der Waals surface area (Å²) in [6, 6.07) is 22.5. The van der Waals surface area contributed by atoms with Gasteiger partial charge in [-0.05, 0) is 61.4 Å². The molecule has 1 amide bonds. The Morgan fingerprint density at radius 2 is 1.78 bits per heavy atom. The Balaban J connectivity index is 1.48. The molecule has 0 radical (unpaired) electrons. The molecule has 8 nitrogen and oxygen atoms in total. The summed E-state index contributed by atoms with van der Waals surface area (Å²) in [5, 5.41) is 3.42. The average molecular weight is 499 g/mol. The number of hydrogen-bond acceptors (Lipinski definition) is 6. The maximum atomic E-state index is 13.7. The first-order valence-electron chi connectivity index (χ1n) is 12.6. The maximum Gasteiger partial charge on any atom is 0.267 e. The number of aromatic nitrogens is 2. The van der Waals surface area contributed by atoms with Gasteiger partial charge in [-0.25, -0.2) is 9.55 Å². The van der Waals surface area contributed by atoms with Crippen molar-refractivity contribution in [3.05, 3.63) is 94.3 Å². The number of ether oxygens (including phenoxy) is 2. The first-order chi connectivity index (χ1) is 18.1. The van der Waals surface area contributed by atoms with Crippen LogP contribution in [-0.4, -0.2) is 54.9 Å². The lowest BCUT2D eigenvalue weighted by atomic mass is 10.1. The number of morpholine rings is 1. The molecular formula is C29H30N4O4. The zero-order chi connectivity index (χ0) is 25.6. The number of nitrogens with one attached hydrogen (secondary N) is 1. The van der Waals surface area contributed by atoms with Crippen LogP contribution in [0.1, 0.15) is 22.8 Å². The highest BCUT2D eigenvalue weighted by Crippen LogP contribution is 2.23. The van der Waals surface area contributed by atoms with Crippen molar-refractivity contribution >= 4 is 22.8 Å². The highest BCUT2D eigenvalue weighted by atomic mass is 16.5. The van der Waals surface area contributed by atoms with Crippen LogP contribution in [0.3, 0.4) is 0 Å². The molecule has 190 valence electrons. The molecule has 0 spiro atoms. The van der Waals surface area contributed by atoms with Crippen LogP contribution in [0.4, 0.5) is 5.95 Å². The van der Waals surface area contributed by atoms with Crippen LogP contribution >= 0.6 is 0 Å². The summed E-state index contributed by atoms with van der Waals surface area (Å²) in [5.41, 5.74) is 2.63. The minimum absolute atomic E-state index is 0.188. The van der Waals surface area contributed by atoms with E-state index in [1.54, 1.807) is 22.8 Å². The molecule has 1 saturated heterocycles. The SMILES string of the molecule is CCOc1ccc(-n2c(N3CCOCC3)nc3cc(C(=O)NCCc4ccccc4)ccc3c2=O)cc1. The molecule has 3 aromatic carbocycles. The molecule has 0 saturated carbocycles. The van der Waals surface area contributed by atoms with Gasteiger partial charge in [0.1, 0.15) is 5.75 Å². The van der Waals surface area contributed by atoms with Crippen molar-refractivity contribution in [3.63, 3.8) is 0 Å². The molecule has 4 aromatic rings. The van der Waals surface area contributed by atoms with Gasteiger partial charge in [-0.3, -0.25) is 9.59 Å². The summed E-state index contributed by atoms with van der Waals surface area (Å²) in [7, 11) is 0. The van der Waals surface area contributed by atoms with E-state index in [0.717, 1.165) is 17.7 Å². The van der Waals surface area contributed by atoms with Gasteiger partial charge in [0.25, 0.3) is 11.5 Å². The lowest BCUT2D eigenvalue weighted by Crippen LogP contribution is -2.40. The van der Waals surface area contributed by atoms with Gasteiger partial charge in [-0.1, -0.05) is 30.3 Å². The summed E-state index contributed by atoms with van der Waals surface area (Å²) in [6.07, 6.45) is 0.742. The van der Waals surface area contributed by atoms with Crippen molar-refractivity contribution in [1.82, 2.24) is 14.9 Å². The third-order valence-corrected chi connectivity index (χ3v) is 6.36. The zero-order valence-electron chi connectivity index (χ0n) is 20.9. The summed E-state index contributed by atoms with van der Waals surface area (Å²) in [6.45, 7) is 5.37. The molecule has 1 fully saturated rings. The Kier molecular flexibility index (Phi) is 7.46. The van der Waals surface area contributed by atoms with Crippen LogP contribution in [0.5, 0.6) is 5.75 Å². The quantitative estimate of drug-likeness (QED) is 0.400. The predicted molar refractivity (Wildman–Crippen MR) is 144 cm³/mol. The van der Waals surface area contributed by atoms with Gasteiger partial charge >= 0.3 is 0 Å². The van der Waals surface area contributed by atoms with Crippen molar-refractivity contribution in [2.45, 2.75) is 13.3 Å². The van der Waals surface area contributed by atoms with Crippen molar-refractivity contribution in [2.75, 3.05) is 44.4 Å². The fraction of sp³-hybridized carbons (Fsp3) is 0.276. The number of fused-ring (bicyclic) bond motifs is 1. The van der Waals surface area contributed by atoms with E-state index in [4.69, 9.17) is 14.5 Å². The Bertz CT molecular complexity index is 1430. The first-order valence-corrected chi connectivity index (χ1v) is 12.6. The molecule has 0 aliphatic carbocycles. The van der Waals surface area contributed by atoms with E-state index in [-0.39, 0.29) is 11.5 Å². The number of hydrogen-bond donors (Lipinski definition) is 1. The molecule has 2 heterocycles. The van der Waals surface area contributed by atoms with E-state index >= 15 is 0 Å². The molecule has 1 aliphatic rings. The summed E-state index contributed by atoms with van der Waals surface area (Å²) in [5.74, 6) is 1.08. The second kappa shape index (κ2) is 11.3. The molecule has 5 rings (SSSR count). The van der Waals surface area contributed by atoms with Crippen LogP contribution in [0, 0.1) is 0 Å². The largest absolute Gasteiger partial charge is 0.494 e. The minimum atomic E-state index is -0.191. The van der Waals surface area contributed by atoms with Gasteiger partial charge in [0, 0.05) is 25.2 Å². The van der Waals surface area contributed by atoms with Crippen molar-refractivity contribution < 1.29 is 14.3 Å². The summed E-state index contributed by atoms with van der Waals surface area (Å²) in [4.78, 5) is 33.5. The van der Waals surface area contributed by atoms with Crippen molar-refractivity contribution in [3.8, 4) is 11.4 Å². The van der Waals surface area contributed by atoms with Crippen LogP contribution < -0.4 is 20.5 Å². The van der Waals surface area contributed by atoms with E-state index in [1.165, 1.54) is 0 Å². The zero-order valence-corrected chi connectivity index (χ0v) is 20.9. The van der Waals surface area contributed by atoms with Crippen molar-refractivity contribution in [2.24, 2.45) is 0 Å². The van der Waals surface area contributed by atoms with Gasteiger partial charge in [-0.2, -0.15) is 0 Å². The van der Waals surface area contributed by atoms with E-state index in [9.17, 15) is 9.59 Å². The van der Waals surface area contributed by atoms with Crippen LogP contribution in [0.15, 0.2) is 77.6 Å². The molecule has 1 aliphatic heterocycles. The third kappa shape index (κ3) is 5.49. The number of carbonyl (C=O) groups excluding carboxylic acids is 1. The van der Waals surface area contributed by atoms with E-state index in [1.807, 2.05) is 66.4 Å². The van der Waals surface area contributed by atoms with Crippen molar-refractivity contribution in [1.29, 1.82) is 0 Å². The second-order valence-corrected chi connectivity index (χ2v) is 8.80.